The smallest absolute Gasteiger partial charge is 0.225 e. The van der Waals surface area contributed by atoms with Gasteiger partial charge in [-0.2, -0.15) is 0 Å². The second-order valence-corrected chi connectivity index (χ2v) is 9.15. The molecule has 0 saturated carbocycles. The number of carbonyl (C=O) groups excluding carboxylic acids is 2. The second kappa shape index (κ2) is 10.5. The lowest BCUT2D eigenvalue weighted by atomic mass is 10.1. The van der Waals surface area contributed by atoms with Crippen LogP contribution in [0.2, 0.25) is 0 Å². The molecule has 0 saturated heterocycles. The number of Topliss-reactive ketones (excluding diaryl/α,β-unsaturated/α-hetero) is 1. The third-order valence-corrected chi connectivity index (χ3v) is 6.49. The van der Waals surface area contributed by atoms with Crippen LogP contribution in [0.4, 0.5) is 5.69 Å². The number of thioether (sulfide) groups is 1. The molecule has 0 fully saturated rings. The zero-order chi connectivity index (χ0) is 24.9. The van der Waals surface area contributed by atoms with E-state index in [1.54, 1.807) is 28.9 Å². The summed E-state index contributed by atoms with van der Waals surface area (Å²) in [6.07, 6.45) is 0.295. The maximum Gasteiger partial charge on any atom is 0.225 e. The lowest BCUT2D eigenvalue weighted by molar-refractivity contribution is -0.115. The van der Waals surface area contributed by atoms with Crippen LogP contribution in [-0.4, -0.2) is 47.2 Å². The highest BCUT2D eigenvalue weighted by Gasteiger charge is 2.17. The number of anilines is 1. The van der Waals surface area contributed by atoms with Gasteiger partial charge in [-0.3, -0.25) is 14.2 Å². The van der Waals surface area contributed by atoms with Crippen LogP contribution in [0.5, 0.6) is 0 Å². The summed E-state index contributed by atoms with van der Waals surface area (Å²) in [5.41, 5.74) is 3.94. The van der Waals surface area contributed by atoms with Crippen LogP contribution in [0, 0.1) is 0 Å². The van der Waals surface area contributed by atoms with Crippen molar-refractivity contribution in [3.8, 4) is 5.69 Å². The van der Waals surface area contributed by atoms with Gasteiger partial charge in [-0.1, -0.05) is 47.3 Å². The summed E-state index contributed by atoms with van der Waals surface area (Å²) in [5, 5.41) is 20.9. The summed E-state index contributed by atoms with van der Waals surface area (Å²) >= 11 is 1.46. The second-order valence-electron chi connectivity index (χ2n) is 8.09. The Morgan fingerprint density at radius 3 is 2.42 bits per heavy atom. The van der Waals surface area contributed by atoms with E-state index in [1.807, 2.05) is 59.2 Å². The van der Waals surface area contributed by atoms with Crippen molar-refractivity contribution in [3.63, 3.8) is 0 Å². The van der Waals surface area contributed by atoms with Crippen molar-refractivity contribution < 1.29 is 9.59 Å². The van der Waals surface area contributed by atoms with Crippen LogP contribution >= 0.6 is 11.8 Å². The molecule has 1 N–H and O–H groups in total. The van der Waals surface area contributed by atoms with Crippen LogP contribution in [0.3, 0.4) is 0 Å². The van der Waals surface area contributed by atoms with Crippen LogP contribution in [0.1, 0.15) is 29.5 Å². The molecule has 3 aromatic carbocycles. The largest absolute Gasteiger partial charge is 0.326 e. The highest BCUT2D eigenvalue weighted by molar-refractivity contribution is 7.99. The average molecular weight is 498 g/mol. The van der Waals surface area contributed by atoms with Crippen molar-refractivity contribution in [3.05, 3.63) is 90.3 Å². The molecule has 9 nitrogen and oxygen atoms in total. The van der Waals surface area contributed by atoms with Gasteiger partial charge in [-0.15, -0.1) is 15.3 Å². The van der Waals surface area contributed by atoms with Crippen molar-refractivity contribution in [1.29, 1.82) is 0 Å². The number of para-hydroxylation sites is 2. The molecule has 10 heteroatoms. The fraction of sp³-hybridized carbons (Fsp3) is 0.154. The maximum atomic E-state index is 12.5. The Morgan fingerprint density at radius 1 is 0.889 bits per heavy atom. The van der Waals surface area contributed by atoms with Crippen molar-refractivity contribution in [1.82, 2.24) is 29.8 Å². The highest BCUT2D eigenvalue weighted by atomic mass is 32.2. The summed E-state index contributed by atoms with van der Waals surface area (Å²) in [4.78, 5) is 23.9. The molecule has 0 aliphatic rings. The van der Waals surface area contributed by atoms with Crippen LogP contribution in [0.25, 0.3) is 16.7 Å². The molecule has 0 unspecified atom stereocenters. The van der Waals surface area contributed by atoms with E-state index >= 15 is 0 Å². The molecule has 0 aliphatic heterocycles. The molecule has 5 rings (SSSR count). The van der Waals surface area contributed by atoms with Crippen molar-refractivity contribution in [2.24, 2.45) is 0 Å². The molecule has 0 aliphatic carbocycles. The lowest BCUT2D eigenvalue weighted by Crippen LogP contribution is -2.13. The summed E-state index contributed by atoms with van der Waals surface area (Å²) in [7, 11) is 0. The number of benzene rings is 3. The van der Waals surface area contributed by atoms with Gasteiger partial charge in [0.25, 0.3) is 0 Å². The van der Waals surface area contributed by atoms with Gasteiger partial charge in [0, 0.05) is 29.1 Å². The molecule has 0 radical (unpaired) electrons. The molecule has 180 valence electrons. The Bertz CT molecular complexity index is 1510. The number of fused-ring (bicyclic) bond motifs is 1. The standard InChI is InChI=1S/C26H23N7O2S/c1-18(34)19-11-13-20(14-12-19)27-25(35)15-16-36-26-30-29-24(33(26)21-7-3-2-4-8-21)17-32-23-10-6-5-9-22(23)28-31-32/h2-14H,15-17H2,1H3,(H,27,35). The van der Waals surface area contributed by atoms with E-state index in [4.69, 9.17) is 0 Å². The van der Waals surface area contributed by atoms with E-state index in [-0.39, 0.29) is 11.7 Å². The SMILES string of the molecule is CC(=O)c1ccc(NC(=O)CCSc2nnc(Cn3nnc4ccccc43)n2-c2ccccc2)cc1. The Kier molecular flexibility index (Phi) is 6.85. The fourth-order valence-corrected chi connectivity index (χ4v) is 4.66. The molecule has 1 amide bonds. The maximum absolute atomic E-state index is 12.5. The number of hydrogen-bond donors (Lipinski definition) is 1. The first-order valence-corrected chi connectivity index (χ1v) is 12.4. The number of rotatable bonds is 9. The zero-order valence-electron chi connectivity index (χ0n) is 19.5. The molecule has 36 heavy (non-hydrogen) atoms. The number of amides is 1. The van der Waals surface area contributed by atoms with E-state index < -0.39 is 0 Å². The number of ketones is 1. The van der Waals surface area contributed by atoms with Gasteiger partial charge < -0.3 is 5.32 Å². The van der Waals surface area contributed by atoms with Crippen molar-refractivity contribution in [2.75, 3.05) is 11.1 Å². The number of nitrogens with one attached hydrogen (secondary N) is 1. The monoisotopic (exact) mass is 497 g/mol. The fourth-order valence-electron chi connectivity index (χ4n) is 3.75. The van der Waals surface area contributed by atoms with E-state index in [0.717, 1.165) is 22.5 Å². The third kappa shape index (κ3) is 5.18. The van der Waals surface area contributed by atoms with E-state index in [1.165, 1.54) is 18.7 Å². The first-order chi connectivity index (χ1) is 17.6. The Hall–Kier alpha value is -4.31. The summed E-state index contributed by atoms with van der Waals surface area (Å²) in [6, 6.07) is 24.5. The van der Waals surface area contributed by atoms with Gasteiger partial charge in [0.1, 0.15) is 12.1 Å². The Balaban J connectivity index is 1.29. The zero-order valence-corrected chi connectivity index (χ0v) is 20.4. The van der Waals surface area contributed by atoms with Crippen molar-refractivity contribution >= 4 is 40.2 Å². The average Bonchev–Trinajstić information content (AvgIpc) is 3.49. The Morgan fingerprint density at radius 2 is 1.64 bits per heavy atom. The molecular formula is C26H23N7O2S. The quantitative estimate of drug-likeness (QED) is 0.238. The number of hydrogen-bond acceptors (Lipinski definition) is 7. The molecule has 5 aromatic rings. The van der Waals surface area contributed by atoms with Gasteiger partial charge >= 0.3 is 0 Å². The van der Waals surface area contributed by atoms with Gasteiger partial charge in [0.05, 0.1) is 5.52 Å². The first kappa shape index (κ1) is 23.4. The van der Waals surface area contributed by atoms with Crippen molar-refractivity contribution in [2.45, 2.75) is 25.0 Å². The van der Waals surface area contributed by atoms with E-state index in [9.17, 15) is 9.59 Å². The summed E-state index contributed by atoms with van der Waals surface area (Å²) in [6.45, 7) is 1.91. The molecule has 2 aromatic heterocycles. The summed E-state index contributed by atoms with van der Waals surface area (Å²) < 4.78 is 3.79. The van der Waals surface area contributed by atoms with Crippen LogP contribution < -0.4 is 5.32 Å². The topological polar surface area (TPSA) is 108 Å². The number of carbonyl (C=O) groups is 2. The first-order valence-electron chi connectivity index (χ1n) is 11.4. The van der Waals surface area contributed by atoms with E-state index in [0.29, 0.717) is 35.1 Å². The Labute approximate surface area is 211 Å². The molecule has 0 bridgehead atoms. The molecule has 0 spiro atoms. The number of aromatic nitrogens is 6. The number of nitrogens with zero attached hydrogens (tertiary/aromatic N) is 6. The van der Waals surface area contributed by atoms with Gasteiger partial charge in [0.2, 0.25) is 5.91 Å². The minimum atomic E-state index is -0.113. The van der Waals surface area contributed by atoms with Gasteiger partial charge in [-0.05, 0) is 55.5 Å². The predicted molar refractivity (Wildman–Crippen MR) is 138 cm³/mol. The highest BCUT2D eigenvalue weighted by Crippen LogP contribution is 2.24. The molecule has 0 atom stereocenters. The van der Waals surface area contributed by atoms with Gasteiger partial charge in [-0.25, -0.2) is 4.68 Å². The van der Waals surface area contributed by atoms with Crippen LogP contribution in [-0.2, 0) is 11.3 Å². The minimum absolute atomic E-state index is 0.0109. The van der Waals surface area contributed by atoms with Crippen LogP contribution in [0.15, 0.2) is 84.0 Å². The van der Waals surface area contributed by atoms with Gasteiger partial charge in [0.15, 0.2) is 16.8 Å². The van der Waals surface area contributed by atoms with E-state index in [2.05, 4.69) is 25.8 Å². The minimum Gasteiger partial charge on any atom is -0.326 e. The summed E-state index contributed by atoms with van der Waals surface area (Å²) in [5.74, 6) is 1.12. The lowest BCUT2D eigenvalue weighted by Gasteiger charge is -2.10. The molecule has 2 heterocycles. The normalized spacial score (nSPS) is 11.0. The predicted octanol–water partition coefficient (Wildman–Crippen LogP) is 4.38. The molecular weight excluding hydrogens is 474 g/mol. The third-order valence-electron chi connectivity index (χ3n) is 5.56.